The predicted molar refractivity (Wildman–Crippen MR) is 207 cm³/mol. The van der Waals surface area contributed by atoms with Crippen LogP contribution in [0.3, 0.4) is 0 Å². The first kappa shape index (κ1) is 27.6. The first-order valence-electron chi connectivity index (χ1n) is 16.8. The van der Waals surface area contributed by atoms with E-state index in [1.54, 1.807) is 0 Å². The number of pyridine rings is 1. The van der Waals surface area contributed by atoms with E-state index in [0.29, 0.717) is 0 Å². The molecule has 0 atom stereocenters. The number of aromatic nitrogens is 2. The van der Waals surface area contributed by atoms with Crippen molar-refractivity contribution in [2.45, 2.75) is 0 Å². The fourth-order valence-corrected chi connectivity index (χ4v) is 7.67. The summed E-state index contributed by atoms with van der Waals surface area (Å²) < 4.78 is 2.45. The monoisotopic (exact) mass is 622 g/mol. The smallest absolute Gasteiger partial charge is 0.0716 e. The molecule has 2 nitrogen and oxygen atoms in total. The molecule has 0 bridgehead atoms. The molecule has 49 heavy (non-hydrogen) atoms. The SMILES string of the molecule is c1ccc(-c2cc(-c3ccccc3)nc(-c3cccc(-n4c5ccccc5c5ccc6c7ccc8ccccc8c7ccc6c54)c3)c2)cc1. The van der Waals surface area contributed by atoms with Gasteiger partial charge >= 0.3 is 0 Å². The maximum atomic E-state index is 5.25. The van der Waals surface area contributed by atoms with Gasteiger partial charge in [0.15, 0.2) is 0 Å². The summed E-state index contributed by atoms with van der Waals surface area (Å²) in [5.41, 5.74) is 9.95. The molecule has 10 aromatic rings. The summed E-state index contributed by atoms with van der Waals surface area (Å²) in [6, 6.07) is 65.6. The van der Waals surface area contributed by atoms with Gasteiger partial charge in [-0.25, -0.2) is 4.98 Å². The molecule has 0 N–H and O–H groups in total. The highest BCUT2D eigenvalue weighted by Gasteiger charge is 2.17. The van der Waals surface area contributed by atoms with Crippen LogP contribution in [-0.2, 0) is 0 Å². The lowest BCUT2D eigenvalue weighted by atomic mass is 9.96. The van der Waals surface area contributed by atoms with Gasteiger partial charge in [0.25, 0.3) is 0 Å². The average molecular weight is 623 g/mol. The first-order valence-corrected chi connectivity index (χ1v) is 16.8. The van der Waals surface area contributed by atoms with Gasteiger partial charge < -0.3 is 4.57 Å². The number of fused-ring (bicyclic) bond motifs is 9. The van der Waals surface area contributed by atoms with Crippen molar-refractivity contribution in [2.75, 3.05) is 0 Å². The highest BCUT2D eigenvalue weighted by atomic mass is 15.0. The molecule has 2 aromatic heterocycles. The molecule has 0 amide bonds. The average Bonchev–Trinajstić information content (AvgIpc) is 3.53. The molecule has 0 aliphatic carbocycles. The number of hydrogen-bond acceptors (Lipinski definition) is 1. The highest BCUT2D eigenvalue weighted by Crippen LogP contribution is 2.40. The fraction of sp³-hybridized carbons (Fsp3) is 0. The van der Waals surface area contributed by atoms with Crippen LogP contribution < -0.4 is 0 Å². The van der Waals surface area contributed by atoms with E-state index < -0.39 is 0 Å². The maximum Gasteiger partial charge on any atom is 0.0716 e. The Balaban J connectivity index is 1.22. The van der Waals surface area contributed by atoms with Crippen molar-refractivity contribution in [3.05, 3.63) is 182 Å². The fourth-order valence-electron chi connectivity index (χ4n) is 7.67. The molecule has 2 heterocycles. The number of para-hydroxylation sites is 1. The van der Waals surface area contributed by atoms with E-state index in [1.165, 1.54) is 59.7 Å². The Morgan fingerprint density at radius 1 is 0.327 bits per heavy atom. The number of rotatable bonds is 4. The lowest BCUT2D eigenvalue weighted by Gasteiger charge is -2.14. The minimum absolute atomic E-state index is 0.950. The standard InChI is InChI=1S/C47H30N2/c1-3-12-31(13-4-1)35-29-44(33-15-5-2-6-16-33)48-45(30-35)34-17-11-18-36(28-34)49-46-21-10-9-20-41(46)43-27-25-40-39-23-22-32-14-7-8-19-37(32)38(39)24-26-42(40)47(43)49/h1-30H. The second-order valence-electron chi connectivity index (χ2n) is 12.8. The van der Waals surface area contributed by atoms with Crippen LogP contribution in [0.2, 0.25) is 0 Å². The van der Waals surface area contributed by atoms with Crippen molar-refractivity contribution in [3.8, 4) is 39.3 Å². The van der Waals surface area contributed by atoms with Crippen molar-refractivity contribution in [2.24, 2.45) is 0 Å². The van der Waals surface area contributed by atoms with Gasteiger partial charge in [0.1, 0.15) is 0 Å². The zero-order valence-corrected chi connectivity index (χ0v) is 26.7. The summed E-state index contributed by atoms with van der Waals surface area (Å²) in [7, 11) is 0. The van der Waals surface area contributed by atoms with Crippen LogP contribution in [0.15, 0.2) is 182 Å². The molecule has 0 aliphatic heterocycles. The summed E-state index contributed by atoms with van der Waals surface area (Å²) in [6.07, 6.45) is 0. The van der Waals surface area contributed by atoms with Gasteiger partial charge in [-0.15, -0.1) is 0 Å². The van der Waals surface area contributed by atoms with Crippen molar-refractivity contribution in [1.29, 1.82) is 0 Å². The van der Waals surface area contributed by atoms with Crippen LogP contribution in [0.25, 0.3) is 93.5 Å². The minimum atomic E-state index is 0.950. The van der Waals surface area contributed by atoms with Crippen LogP contribution in [0.1, 0.15) is 0 Å². The van der Waals surface area contributed by atoms with E-state index in [0.717, 1.165) is 33.8 Å². The molecule has 0 aliphatic rings. The number of nitrogens with zero attached hydrogens (tertiary/aromatic N) is 2. The van der Waals surface area contributed by atoms with Crippen LogP contribution in [0, 0.1) is 0 Å². The Morgan fingerprint density at radius 3 is 1.67 bits per heavy atom. The van der Waals surface area contributed by atoms with Crippen molar-refractivity contribution in [3.63, 3.8) is 0 Å². The van der Waals surface area contributed by atoms with Gasteiger partial charge in [-0.2, -0.15) is 0 Å². The number of benzene rings is 8. The maximum absolute atomic E-state index is 5.25. The van der Waals surface area contributed by atoms with Gasteiger partial charge in [-0.05, 0) is 68.4 Å². The Kier molecular flexibility index (Phi) is 6.22. The summed E-state index contributed by atoms with van der Waals surface area (Å²) in [5.74, 6) is 0. The Hall–Kier alpha value is -6.51. The topological polar surface area (TPSA) is 17.8 Å². The van der Waals surface area contributed by atoms with Crippen molar-refractivity contribution >= 4 is 54.1 Å². The van der Waals surface area contributed by atoms with E-state index >= 15 is 0 Å². The molecule has 10 rings (SSSR count). The summed E-state index contributed by atoms with van der Waals surface area (Å²) >= 11 is 0. The largest absolute Gasteiger partial charge is 0.309 e. The Bertz CT molecular complexity index is 2810. The zero-order chi connectivity index (χ0) is 32.3. The summed E-state index contributed by atoms with van der Waals surface area (Å²) in [5, 5.41) is 10.1. The first-order chi connectivity index (χ1) is 24.3. The third kappa shape index (κ3) is 4.46. The lowest BCUT2D eigenvalue weighted by molar-refractivity contribution is 1.18. The van der Waals surface area contributed by atoms with Gasteiger partial charge in [0.2, 0.25) is 0 Å². The van der Waals surface area contributed by atoms with Crippen LogP contribution >= 0.6 is 0 Å². The van der Waals surface area contributed by atoms with Crippen LogP contribution in [0.5, 0.6) is 0 Å². The normalized spacial score (nSPS) is 11.7. The van der Waals surface area contributed by atoms with E-state index in [9.17, 15) is 0 Å². The van der Waals surface area contributed by atoms with Gasteiger partial charge in [0.05, 0.1) is 22.4 Å². The van der Waals surface area contributed by atoms with E-state index in [-0.39, 0.29) is 0 Å². The third-order valence-electron chi connectivity index (χ3n) is 9.96. The Morgan fingerprint density at radius 2 is 0.878 bits per heavy atom. The quantitative estimate of drug-likeness (QED) is 0.179. The predicted octanol–water partition coefficient (Wildman–Crippen LogP) is 12.6. The molecular formula is C47H30N2. The van der Waals surface area contributed by atoms with Crippen molar-refractivity contribution in [1.82, 2.24) is 9.55 Å². The van der Waals surface area contributed by atoms with E-state index in [4.69, 9.17) is 4.98 Å². The van der Waals surface area contributed by atoms with Crippen LogP contribution in [-0.4, -0.2) is 9.55 Å². The molecule has 0 fully saturated rings. The molecule has 0 spiro atoms. The molecule has 2 heteroatoms. The van der Waals surface area contributed by atoms with Crippen molar-refractivity contribution < 1.29 is 0 Å². The second-order valence-corrected chi connectivity index (χ2v) is 12.8. The van der Waals surface area contributed by atoms with Gasteiger partial charge in [0, 0.05) is 33.0 Å². The molecule has 8 aromatic carbocycles. The van der Waals surface area contributed by atoms with Gasteiger partial charge in [-0.3, -0.25) is 0 Å². The summed E-state index contributed by atoms with van der Waals surface area (Å²) in [6.45, 7) is 0. The number of hydrogen-bond donors (Lipinski definition) is 0. The minimum Gasteiger partial charge on any atom is -0.309 e. The lowest BCUT2D eigenvalue weighted by Crippen LogP contribution is -1.96. The third-order valence-corrected chi connectivity index (χ3v) is 9.96. The summed E-state index contributed by atoms with van der Waals surface area (Å²) in [4.78, 5) is 5.25. The molecule has 228 valence electrons. The second kappa shape index (κ2) is 11.0. The van der Waals surface area contributed by atoms with E-state index in [1.807, 2.05) is 0 Å². The molecule has 0 unspecified atom stereocenters. The Labute approximate surface area is 284 Å². The molecular weight excluding hydrogens is 593 g/mol. The van der Waals surface area contributed by atoms with E-state index in [2.05, 4.69) is 187 Å². The molecule has 0 radical (unpaired) electrons. The molecule has 0 saturated carbocycles. The zero-order valence-electron chi connectivity index (χ0n) is 26.7. The van der Waals surface area contributed by atoms with Crippen LogP contribution in [0.4, 0.5) is 0 Å². The highest BCUT2D eigenvalue weighted by molar-refractivity contribution is 6.25. The van der Waals surface area contributed by atoms with Gasteiger partial charge in [-0.1, -0.05) is 152 Å². The molecule has 0 saturated heterocycles.